The number of rotatable bonds is 8. The van der Waals surface area contributed by atoms with Crippen LogP contribution in [0.3, 0.4) is 0 Å². The first-order valence-electron chi connectivity index (χ1n) is 23.2. The van der Waals surface area contributed by atoms with E-state index in [4.69, 9.17) is 0 Å². The van der Waals surface area contributed by atoms with Gasteiger partial charge in [0.15, 0.2) is 0 Å². The maximum absolute atomic E-state index is 2.47. The highest BCUT2D eigenvalue weighted by Crippen LogP contribution is 2.56. The number of fused-ring (bicyclic) bond motifs is 7. The van der Waals surface area contributed by atoms with E-state index in [0.29, 0.717) is 0 Å². The summed E-state index contributed by atoms with van der Waals surface area (Å²) in [4.78, 5) is 2.40. The number of para-hydroxylation sites is 3. The molecule has 11 aromatic carbocycles. The molecule has 0 N–H and O–H groups in total. The topological polar surface area (TPSA) is 8.17 Å². The van der Waals surface area contributed by atoms with Gasteiger partial charge in [0.25, 0.3) is 0 Å². The molecule has 0 saturated heterocycles. The second-order valence-corrected chi connectivity index (χ2v) is 17.6. The lowest BCUT2D eigenvalue weighted by molar-refractivity contribution is 0.768. The average Bonchev–Trinajstić information content (AvgIpc) is 3.90. The number of nitrogens with zero attached hydrogens (tertiary/aromatic N) is 2. The molecule has 0 atom stereocenters. The molecule has 0 amide bonds. The van der Waals surface area contributed by atoms with Crippen LogP contribution in [0.5, 0.6) is 0 Å². The molecule has 13 rings (SSSR count). The van der Waals surface area contributed by atoms with Crippen molar-refractivity contribution in [3.8, 4) is 39.1 Å². The molecule has 2 heteroatoms. The zero-order chi connectivity index (χ0) is 44.3. The van der Waals surface area contributed by atoms with Crippen molar-refractivity contribution in [1.29, 1.82) is 0 Å². The Morgan fingerprint density at radius 1 is 0.313 bits per heavy atom. The van der Waals surface area contributed by atoms with E-state index in [1.54, 1.807) is 0 Å². The highest BCUT2D eigenvalue weighted by molar-refractivity contribution is 6.10. The minimum absolute atomic E-state index is 0.441. The van der Waals surface area contributed by atoms with Gasteiger partial charge in [-0.2, -0.15) is 0 Å². The van der Waals surface area contributed by atoms with Gasteiger partial charge in [-0.1, -0.05) is 218 Å². The third kappa shape index (κ3) is 6.11. The van der Waals surface area contributed by atoms with Crippen molar-refractivity contribution in [3.05, 3.63) is 289 Å². The summed E-state index contributed by atoms with van der Waals surface area (Å²) >= 11 is 0. The molecule has 1 aliphatic rings. The lowest BCUT2D eigenvalue weighted by Crippen LogP contribution is -2.28. The van der Waals surface area contributed by atoms with E-state index in [9.17, 15) is 0 Å². The summed E-state index contributed by atoms with van der Waals surface area (Å²) in [6.07, 6.45) is 0. The summed E-state index contributed by atoms with van der Waals surface area (Å²) in [7, 11) is 0. The number of hydrogen-bond donors (Lipinski definition) is 0. The molecule has 67 heavy (non-hydrogen) atoms. The Hall–Kier alpha value is -8.72. The molecule has 1 aromatic heterocycles. The summed E-state index contributed by atoms with van der Waals surface area (Å²) in [6.45, 7) is 0. The first-order chi connectivity index (χ1) is 33.3. The summed E-state index contributed by atoms with van der Waals surface area (Å²) in [5.41, 5.74) is 18.9. The third-order valence-corrected chi connectivity index (χ3v) is 14.1. The van der Waals surface area contributed by atoms with Crippen LogP contribution in [0.2, 0.25) is 0 Å². The van der Waals surface area contributed by atoms with Crippen LogP contribution in [0.1, 0.15) is 22.3 Å². The van der Waals surface area contributed by atoms with E-state index in [1.165, 1.54) is 82.6 Å². The van der Waals surface area contributed by atoms with Gasteiger partial charge < -0.3 is 9.47 Å². The predicted molar refractivity (Wildman–Crippen MR) is 281 cm³/mol. The number of anilines is 3. The molecule has 0 bridgehead atoms. The van der Waals surface area contributed by atoms with Gasteiger partial charge >= 0.3 is 0 Å². The van der Waals surface area contributed by atoms with Crippen LogP contribution in [0, 0.1) is 0 Å². The lowest BCUT2D eigenvalue weighted by Gasteiger charge is -2.33. The standard InChI is InChI=1S/C65H44N2/c1-4-21-49(22-5-1)65(50-23-6-2-7-24-50)59-31-15-12-29-55(59)58-44-52(40-42-60(58)65)67-63-33-17-14-30-56(63)57-41-39-48(43-64(57)67)45-35-37-47(38-36-45)54-28-13-16-32-61(54)66(51-25-8-3-9-26-51)62-34-18-20-46-19-10-11-27-53(46)62/h1-44H. The fourth-order valence-electron chi connectivity index (χ4n) is 11.1. The second kappa shape index (κ2) is 15.8. The van der Waals surface area contributed by atoms with Gasteiger partial charge in [-0.05, 0) is 104 Å². The first-order valence-corrected chi connectivity index (χ1v) is 23.2. The van der Waals surface area contributed by atoms with Crippen LogP contribution in [0.15, 0.2) is 267 Å². The summed E-state index contributed by atoms with van der Waals surface area (Å²) in [5, 5.41) is 4.91. The molecule has 0 aliphatic heterocycles. The van der Waals surface area contributed by atoms with Gasteiger partial charge in [0, 0.05) is 33.1 Å². The SMILES string of the molecule is c1ccc(N(c2ccccc2-c2ccc(-c3ccc4c5ccccc5n(-c5ccc6c(c5)-c5ccccc5C6(c5ccccc5)c5ccccc5)c4c3)cc2)c2cccc3ccccc23)cc1. The molecule has 0 radical (unpaired) electrons. The highest BCUT2D eigenvalue weighted by Gasteiger charge is 2.46. The van der Waals surface area contributed by atoms with E-state index < -0.39 is 5.41 Å². The maximum atomic E-state index is 2.47. The number of aromatic nitrogens is 1. The van der Waals surface area contributed by atoms with E-state index in [0.717, 1.165) is 28.3 Å². The number of benzene rings is 11. The van der Waals surface area contributed by atoms with E-state index in [2.05, 4.69) is 276 Å². The van der Waals surface area contributed by atoms with Crippen molar-refractivity contribution in [2.24, 2.45) is 0 Å². The second-order valence-electron chi connectivity index (χ2n) is 17.6. The Morgan fingerprint density at radius 2 is 0.866 bits per heavy atom. The molecular weight excluding hydrogens is 809 g/mol. The Balaban J connectivity index is 0.933. The molecular formula is C65H44N2. The minimum Gasteiger partial charge on any atom is -0.309 e. The zero-order valence-corrected chi connectivity index (χ0v) is 36.8. The fraction of sp³-hybridized carbons (Fsp3) is 0.0154. The van der Waals surface area contributed by atoms with Crippen LogP contribution in [-0.4, -0.2) is 4.57 Å². The minimum atomic E-state index is -0.441. The molecule has 0 unspecified atom stereocenters. The van der Waals surface area contributed by atoms with Crippen molar-refractivity contribution in [2.45, 2.75) is 5.41 Å². The smallest absolute Gasteiger partial charge is 0.0713 e. The molecule has 1 heterocycles. The van der Waals surface area contributed by atoms with Gasteiger partial charge in [0.2, 0.25) is 0 Å². The Bertz CT molecular complexity index is 3750. The normalized spacial score (nSPS) is 12.6. The fourth-order valence-corrected chi connectivity index (χ4v) is 11.1. The maximum Gasteiger partial charge on any atom is 0.0713 e. The number of hydrogen-bond acceptors (Lipinski definition) is 1. The van der Waals surface area contributed by atoms with E-state index in [1.807, 2.05) is 0 Å². The quantitative estimate of drug-likeness (QED) is 0.148. The largest absolute Gasteiger partial charge is 0.309 e. The van der Waals surface area contributed by atoms with Crippen LogP contribution >= 0.6 is 0 Å². The van der Waals surface area contributed by atoms with Crippen LogP contribution in [0.4, 0.5) is 17.1 Å². The summed E-state index contributed by atoms with van der Waals surface area (Å²) < 4.78 is 2.47. The first kappa shape index (κ1) is 38.7. The van der Waals surface area contributed by atoms with Gasteiger partial charge in [-0.3, -0.25) is 0 Å². The Morgan fingerprint density at radius 3 is 1.64 bits per heavy atom. The molecule has 2 nitrogen and oxygen atoms in total. The monoisotopic (exact) mass is 852 g/mol. The average molecular weight is 853 g/mol. The molecule has 12 aromatic rings. The molecule has 1 aliphatic carbocycles. The van der Waals surface area contributed by atoms with Crippen molar-refractivity contribution in [2.75, 3.05) is 4.90 Å². The molecule has 314 valence electrons. The summed E-state index contributed by atoms with van der Waals surface area (Å²) in [5.74, 6) is 0. The van der Waals surface area contributed by atoms with Crippen LogP contribution < -0.4 is 4.90 Å². The van der Waals surface area contributed by atoms with Crippen molar-refractivity contribution in [1.82, 2.24) is 4.57 Å². The molecule has 0 saturated carbocycles. The molecule has 0 spiro atoms. The lowest BCUT2D eigenvalue weighted by atomic mass is 9.68. The third-order valence-electron chi connectivity index (χ3n) is 14.1. The van der Waals surface area contributed by atoms with Crippen LogP contribution in [-0.2, 0) is 5.41 Å². The Kier molecular flexibility index (Phi) is 9.11. The van der Waals surface area contributed by atoms with Gasteiger partial charge in [-0.15, -0.1) is 0 Å². The Labute approximate surface area is 390 Å². The molecule has 0 fully saturated rings. The van der Waals surface area contributed by atoms with Crippen molar-refractivity contribution in [3.63, 3.8) is 0 Å². The van der Waals surface area contributed by atoms with E-state index in [-0.39, 0.29) is 0 Å². The van der Waals surface area contributed by atoms with Gasteiger partial charge in [-0.25, -0.2) is 0 Å². The van der Waals surface area contributed by atoms with Crippen molar-refractivity contribution < 1.29 is 0 Å². The van der Waals surface area contributed by atoms with Gasteiger partial charge in [0.1, 0.15) is 0 Å². The van der Waals surface area contributed by atoms with Crippen LogP contribution in [0.25, 0.3) is 71.6 Å². The zero-order valence-electron chi connectivity index (χ0n) is 36.8. The summed E-state index contributed by atoms with van der Waals surface area (Å²) in [6, 6.07) is 97.9. The van der Waals surface area contributed by atoms with Gasteiger partial charge in [0.05, 0.1) is 27.8 Å². The van der Waals surface area contributed by atoms with Crippen molar-refractivity contribution >= 4 is 49.6 Å². The highest BCUT2D eigenvalue weighted by atomic mass is 15.1. The predicted octanol–water partition coefficient (Wildman–Crippen LogP) is 17.1. The van der Waals surface area contributed by atoms with E-state index >= 15 is 0 Å².